The van der Waals surface area contributed by atoms with Gasteiger partial charge in [0.2, 0.25) is 0 Å². The van der Waals surface area contributed by atoms with Crippen LogP contribution in [0, 0.1) is 10.1 Å². The monoisotopic (exact) mass is 931 g/mol. The Morgan fingerprint density at radius 2 is 1.47 bits per heavy atom. The normalized spacial score (nSPS) is 12.1. The highest BCUT2D eigenvalue weighted by molar-refractivity contribution is 7.94. The topological polar surface area (TPSA) is 261 Å². The van der Waals surface area contributed by atoms with E-state index in [-0.39, 0.29) is 49.3 Å². The fraction of sp³-hybridized carbons (Fsp3) is 0.229. The van der Waals surface area contributed by atoms with Crippen LogP contribution >= 0.6 is 42.4 Å². The van der Waals surface area contributed by atoms with E-state index in [4.69, 9.17) is 69.9 Å². The Balaban J connectivity index is 0.000000465. The molecule has 0 aromatic heterocycles. The Bertz CT molecular complexity index is 2110. The summed E-state index contributed by atoms with van der Waals surface area (Å²) in [5.41, 5.74) is 4.13. The molecule has 0 fully saturated rings. The van der Waals surface area contributed by atoms with Gasteiger partial charge >= 0.3 is 24.1 Å². The zero-order valence-corrected chi connectivity index (χ0v) is 35.0. The van der Waals surface area contributed by atoms with Gasteiger partial charge in [0.05, 0.1) is 57.7 Å². The molecule has 0 saturated heterocycles. The van der Waals surface area contributed by atoms with Gasteiger partial charge in [-0.1, -0.05) is 53.0 Å². The molecule has 4 aromatic carbocycles. The first kappa shape index (κ1) is 52.2. The van der Waals surface area contributed by atoms with Crippen LogP contribution in [0.3, 0.4) is 0 Å². The number of anilines is 1. The second kappa shape index (κ2) is 24.3. The van der Waals surface area contributed by atoms with Crippen molar-refractivity contribution in [2.24, 2.45) is 0 Å². The number of carbonyl (C=O) groups is 3. The lowest BCUT2D eigenvalue weighted by atomic mass is 10.2. The predicted molar refractivity (Wildman–Crippen MR) is 215 cm³/mol. The highest BCUT2D eigenvalue weighted by atomic mass is 35.5. The van der Waals surface area contributed by atoms with E-state index >= 15 is 0 Å². The molecule has 0 aliphatic heterocycles. The summed E-state index contributed by atoms with van der Waals surface area (Å²) in [6, 6.07) is 18.0. The summed E-state index contributed by atoms with van der Waals surface area (Å²) in [6.07, 6.45) is -0.0815. The van der Waals surface area contributed by atoms with E-state index in [1.165, 1.54) is 24.3 Å². The van der Waals surface area contributed by atoms with E-state index in [0.717, 1.165) is 25.1 Å². The molecular formula is C35H36Cl3F3N3O13PS. The second-order valence-electron chi connectivity index (χ2n) is 11.6. The SMILES string of the molecule is C[C@H](OC(=O)c1cc(Oc2ccc(C(F)(F)F)cc2Cl)ccc1Cl)C(=O)O.C[S+](C)C.Nc1c([N+](=O)[O-])ccc(Oc2ccccc2)c1Cl.O=C(O)CNCP(=O)([O-])O. The van der Waals surface area contributed by atoms with Gasteiger partial charge in [0.1, 0.15) is 41.3 Å². The molecule has 1 unspecified atom stereocenters. The Morgan fingerprint density at radius 3 is 1.97 bits per heavy atom. The highest BCUT2D eigenvalue weighted by Gasteiger charge is 2.31. The van der Waals surface area contributed by atoms with Crippen molar-refractivity contribution in [2.45, 2.75) is 19.2 Å². The standard InChI is InChI=1S/C17H11Cl2F3O5.C12H9ClN2O3.C3H8NO5P.C3H9S/c1-8(15(23)24)26-16(25)11-7-10(3-4-12(11)18)27-14-5-2-9(6-13(14)19)17(20,21)22;13-11-10(18-8-4-2-1-3-5-8)7-6-9(12(11)14)15(16)17;5-3(6)1-4-2-10(7,8)9;1-4(2)3/h2-8H,1H3,(H,23,24);1-7H,14H2;4H,1-2H2,(H,5,6)(H2,7,8,9);1-3H3/q;;;+1/p-1/t8-;;;/m0.../s1. The lowest BCUT2D eigenvalue weighted by Crippen LogP contribution is -2.25. The summed E-state index contributed by atoms with van der Waals surface area (Å²) in [5, 5.41) is 29.1. The maximum Gasteiger partial charge on any atom is 0.416 e. The van der Waals surface area contributed by atoms with Gasteiger partial charge < -0.3 is 44.5 Å². The number of nitrogens with two attached hydrogens (primary N) is 1. The average Bonchev–Trinajstić information content (AvgIpc) is 3.11. The highest BCUT2D eigenvalue weighted by Crippen LogP contribution is 2.39. The lowest BCUT2D eigenvalue weighted by Gasteiger charge is -2.14. The molecule has 0 aliphatic rings. The number of esters is 1. The van der Waals surface area contributed by atoms with Crippen molar-refractivity contribution >= 4 is 82.6 Å². The largest absolute Gasteiger partial charge is 0.778 e. The Kier molecular flexibility index (Phi) is 21.5. The van der Waals surface area contributed by atoms with Gasteiger partial charge in [-0.2, -0.15) is 13.2 Å². The molecule has 0 radical (unpaired) electrons. The molecule has 322 valence electrons. The van der Waals surface area contributed by atoms with Gasteiger partial charge in [-0.25, -0.2) is 9.59 Å². The van der Waals surface area contributed by atoms with E-state index in [1.807, 2.05) is 11.4 Å². The lowest BCUT2D eigenvalue weighted by molar-refractivity contribution is -0.383. The molecule has 0 saturated carbocycles. The van der Waals surface area contributed by atoms with Gasteiger partial charge in [-0.3, -0.25) is 20.2 Å². The molecule has 59 heavy (non-hydrogen) atoms. The van der Waals surface area contributed by atoms with Gasteiger partial charge in [-0.15, -0.1) is 0 Å². The maximum atomic E-state index is 12.7. The van der Waals surface area contributed by atoms with Crippen LogP contribution in [0.2, 0.25) is 15.1 Å². The number of carbonyl (C=O) groups excluding carboxylic acids is 1. The van der Waals surface area contributed by atoms with E-state index in [2.05, 4.69) is 18.8 Å². The van der Waals surface area contributed by atoms with Crippen molar-refractivity contribution in [1.82, 2.24) is 5.32 Å². The van der Waals surface area contributed by atoms with Crippen LogP contribution in [-0.4, -0.2) is 75.6 Å². The van der Waals surface area contributed by atoms with Crippen molar-refractivity contribution in [1.29, 1.82) is 0 Å². The molecule has 16 nitrogen and oxygen atoms in total. The number of para-hydroxylation sites is 1. The first-order valence-corrected chi connectivity index (χ1v) is 21.3. The molecule has 0 spiro atoms. The number of alkyl halides is 3. The minimum atomic E-state index is -4.56. The third kappa shape index (κ3) is 20.2. The van der Waals surface area contributed by atoms with Crippen LogP contribution in [0.4, 0.5) is 24.5 Å². The number of nitro groups is 1. The fourth-order valence-electron chi connectivity index (χ4n) is 3.61. The van der Waals surface area contributed by atoms with Crippen molar-refractivity contribution in [3.05, 3.63) is 115 Å². The quantitative estimate of drug-likeness (QED) is 0.0227. The number of carboxylic acid groups (broad SMARTS) is 2. The molecule has 0 heterocycles. The average molecular weight is 933 g/mol. The molecule has 0 aliphatic carbocycles. The predicted octanol–water partition coefficient (Wildman–Crippen LogP) is 7.72. The number of rotatable bonds is 12. The van der Waals surface area contributed by atoms with Crippen molar-refractivity contribution in [3.63, 3.8) is 0 Å². The minimum Gasteiger partial charge on any atom is -0.778 e. The van der Waals surface area contributed by atoms with Gasteiger partial charge in [0.25, 0.3) is 5.69 Å². The Labute approximate surface area is 352 Å². The number of nitrogens with zero attached hydrogens (tertiary/aromatic N) is 1. The number of halogens is 6. The van der Waals surface area contributed by atoms with Crippen molar-refractivity contribution in [2.75, 3.05) is 37.3 Å². The first-order valence-electron chi connectivity index (χ1n) is 15.9. The van der Waals surface area contributed by atoms with Crippen LogP contribution in [-0.2, 0) is 36.0 Å². The third-order valence-electron chi connectivity index (χ3n) is 6.15. The van der Waals surface area contributed by atoms with Crippen molar-refractivity contribution in [3.8, 4) is 23.0 Å². The van der Waals surface area contributed by atoms with Gasteiger partial charge in [-0.05, 0) is 72.4 Å². The molecular weight excluding hydrogens is 897 g/mol. The summed E-state index contributed by atoms with van der Waals surface area (Å²) in [7, 11) is -3.71. The number of nitrogen functional groups attached to an aromatic ring is 1. The maximum absolute atomic E-state index is 12.7. The van der Waals surface area contributed by atoms with E-state index in [0.29, 0.717) is 22.7 Å². The van der Waals surface area contributed by atoms with Crippen LogP contribution in [0.1, 0.15) is 22.8 Å². The minimum absolute atomic E-state index is 0.0246. The molecule has 2 atom stereocenters. The van der Waals surface area contributed by atoms with E-state index < -0.39 is 61.1 Å². The number of benzene rings is 4. The smallest absolute Gasteiger partial charge is 0.416 e. The van der Waals surface area contributed by atoms with E-state index in [1.54, 1.807) is 24.3 Å². The number of aliphatic carboxylic acids is 2. The van der Waals surface area contributed by atoms with Crippen LogP contribution in [0.5, 0.6) is 23.0 Å². The molecule has 4 rings (SSSR count). The Morgan fingerprint density at radius 1 is 0.915 bits per heavy atom. The van der Waals surface area contributed by atoms with Crippen LogP contribution in [0.15, 0.2) is 78.9 Å². The van der Waals surface area contributed by atoms with Crippen molar-refractivity contribution < 1.29 is 71.3 Å². The van der Waals surface area contributed by atoms with Crippen LogP contribution < -0.4 is 25.4 Å². The number of nitro benzene ring substituents is 1. The number of hydrogen-bond acceptors (Lipinski definition) is 12. The zero-order valence-electron chi connectivity index (χ0n) is 31.1. The molecule has 6 N–H and O–H groups in total. The molecule has 0 bridgehead atoms. The fourth-order valence-corrected chi connectivity index (χ4v) is 4.61. The van der Waals surface area contributed by atoms with Gasteiger partial charge in [0.15, 0.2) is 6.10 Å². The number of ether oxygens (including phenoxy) is 3. The number of nitrogens with one attached hydrogen (secondary N) is 1. The first-order chi connectivity index (χ1) is 27.2. The number of carboxylic acids is 2. The second-order valence-corrected chi connectivity index (χ2v) is 16.8. The molecule has 24 heteroatoms. The summed E-state index contributed by atoms with van der Waals surface area (Å²) in [6.45, 7) is 0.684. The molecule has 4 aromatic rings. The van der Waals surface area contributed by atoms with Gasteiger partial charge in [0, 0.05) is 6.07 Å². The van der Waals surface area contributed by atoms with Crippen LogP contribution in [0.25, 0.3) is 0 Å². The Hall–Kier alpha value is -4.79. The van der Waals surface area contributed by atoms with E-state index in [9.17, 15) is 47.1 Å². The zero-order chi connectivity index (χ0) is 45.2. The molecule has 0 amide bonds. The number of hydrogen-bond donors (Lipinski definition) is 5. The summed E-state index contributed by atoms with van der Waals surface area (Å²) in [5.74, 6) is -2.70. The third-order valence-corrected chi connectivity index (χ3v) is 7.79. The summed E-state index contributed by atoms with van der Waals surface area (Å²) >= 11 is 17.7. The summed E-state index contributed by atoms with van der Waals surface area (Å²) in [4.78, 5) is 60.6. The summed E-state index contributed by atoms with van der Waals surface area (Å²) < 4.78 is 63.6.